The lowest BCUT2D eigenvalue weighted by Gasteiger charge is -2.26. The number of anilines is 1. The van der Waals surface area contributed by atoms with Crippen molar-refractivity contribution in [3.63, 3.8) is 0 Å². The molecule has 0 fully saturated rings. The molecule has 0 aliphatic heterocycles. The van der Waals surface area contributed by atoms with Crippen LogP contribution in [0.2, 0.25) is 0 Å². The average molecular weight is 281 g/mol. The van der Waals surface area contributed by atoms with E-state index < -0.39 is 15.7 Å². The summed E-state index contributed by atoms with van der Waals surface area (Å²) in [6.45, 7) is 1.91. The van der Waals surface area contributed by atoms with Crippen molar-refractivity contribution in [2.45, 2.75) is 13.0 Å². The summed E-state index contributed by atoms with van der Waals surface area (Å²) < 4.78 is 11.2. The van der Waals surface area contributed by atoms with Crippen molar-refractivity contribution in [1.29, 1.82) is 5.26 Å². The summed E-state index contributed by atoms with van der Waals surface area (Å²) in [5, 5.41) is 19.7. The van der Waals surface area contributed by atoms with Gasteiger partial charge < -0.3 is 4.90 Å². The van der Waals surface area contributed by atoms with Gasteiger partial charge in [-0.3, -0.25) is 14.3 Å². The second kappa shape index (κ2) is 6.29. The molecule has 6 nitrogen and oxygen atoms in total. The summed E-state index contributed by atoms with van der Waals surface area (Å²) in [5.41, 5.74) is 0.519. The first-order valence-electron chi connectivity index (χ1n) is 5.58. The molecule has 102 valence electrons. The summed E-state index contributed by atoms with van der Waals surface area (Å²) in [6, 6.07) is 6.23. The van der Waals surface area contributed by atoms with E-state index in [0.29, 0.717) is 11.4 Å². The van der Waals surface area contributed by atoms with Crippen LogP contribution < -0.4 is 4.90 Å². The number of nitriles is 1. The third-order valence-electron chi connectivity index (χ3n) is 2.84. The molecule has 0 unspecified atom stereocenters. The minimum atomic E-state index is -0.924. The molecule has 1 aromatic rings. The van der Waals surface area contributed by atoms with Gasteiger partial charge in [-0.2, -0.15) is 5.26 Å². The fourth-order valence-corrected chi connectivity index (χ4v) is 2.60. The fourth-order valence-electron chi connectivity index (χ4n) is 1.70. The number of nitrogens with zero attached hydrogens (tertiary/aromatic N) is 3. The Bertz CT molecular complexity index is 554. The number of nitro benzene ring substituents is 1. The summed E-state index contributed by atoms with van der Waals surface area (Å²) in [5.74, 6) is 0.495. The third-order valence-corrected chi connectivity index (χ3v) is 3.79. The van der Waals surface area contributed by atoms with E-state index in [1.165, 1.54) is 12.1 Å². The molecule has 0 spiro atoms. The van der Waals surface area contributed by atoms with E-state index in [-0.39, 0.29) is 17.3 Å². The molecule has 0 aliphatic carbocycles. The summed E-state index contributed by atoms with van der Waals surface area (Å²) >= 11 is 0. The van der Waals surface area contributed by atoms with Crippen molar-refractivity contribution in [3.8, 4) is 6.07 Å². The van der Waals surface area contributed by atoms with Crippen LogP contribution in [0.15, 0.2) is 18.2 Å². The van der Waals surface area contributed by atoms with Crippen LogP contribution in [0.3, 0.4) is 0 Å². The highest BCUT2D eigenvalue weighted by atomic mass is 32.2. The van der Waals surface area contributed by atoms with Gasteiger partial charge in [0.15, 0.2) is 0 Å². The molecule has 0 aromatic heterocycles. The van der Waals surface area contributed by atoms with Crippen LogP contribution in [0.5, 0.6) is 0 Å². The highest BCUT2D eigenvalue weighted by Crippen LogP contribution is 2.24. The molecule has 0 bridgehead atoms. The van der Waals surface area contributed by atoms with Crippen molar-refractivity contribution in [1.82, 2.24) is 0 Å². The first kappa shape index (κ1) is 15.1. The van der Waals surface area contributed by atoms with Gasteiger partial charge in [0.25, 0.3) is 5.69 Å². The maximum absolute atomic E-state index is 11.2. The Hall–Kier alpha value is -1.94. The van der Waals surface area contributed by atoms with Gasteiger partial charge in [0.1, 0.15) is 11.6 Å². The molecule has 0 amide bonds. The minimum absolute atomic E-state index is 0.0128. The summed E-state index contributed by atoms with van der Waals surface area (Å²) in [4.78, 5) is 12.0. The number of rotatable bonds is 5. The SMILES string of the molecule is C[C@H](C[S@@](C)=O)N(C)c1ccc([N+](=O)[O-])c(C#N)c1. The normalized spacial score (nSPS) is 13.4. The van der Waals surface area contributed by atoms with Crippen molar-refractivity contribution in [2.24, 2.45) is 0 Å². The van der Waals surface area contributed by atoms with Gasteiger partial charge in [-0.25, -0.2) is 0 Å². The van der Waals surface area contributed by atoms with Crippen molar-refractivity contribution < 1.29 is 9.13 Å². The Morgan fingerprint density at radius 1 is 1.58 bits per heavy atom. The number of nitro groups is 1. The molecular formula is C12H15N3O3S. The Morgan fingerprint density at radius 2 is 2.21 bits per heavy atom. The monoisotopic (exact) mass is 281 g/mol. The number of hydrogen-bond donors (Lipinski definition) is 0. The van der Waals surface area contributed by atoms with Gasteiger partial charge in [0.05, 0.1) is 4.92 Å². The van der Waals surface area contributed by atoms with E-state index in [2.05, 4.69) is 0 Å². The topological polar surface area (TPSA) is 87.2 Å². The van der Waals surface area contributed by atoms with E-state index >= 15 is 0 Å². The summed E-state index contributed by atoms with van der Waals surface area (Å²) in [7, 11) is 0.882. The minimum Gasteiger partial charge on any atom is -0.371 e. The molecule has 0 aliphatic rings. The van der Waals surface area contributed by atoms with Crippen molar-refractivity contribution in [3.05, 3.63) is 33.9 Å². The van der Waals surface area contributed by atoms with Crippen LogP contribution in [0.1, 0.15) is 12.5 Å². The first-order chi connectivity index (χ1) is 8.86. The van der Waals surface area contributed by atoms with E-state index in [1.54, 1.807) is 19.4 Å². The van der Waals surface area contributed by atoms with Crippen molar-refractivity contribution >= 4 is 22.2 Å². The fraction of sp³-hybridized carbons (Fsp3) is 0.417. The predicted octanol–water partition coefficient (Wildman–Crippen LogP) is 1.67. The zero-order valence-corrected chi connectivity index (χ0v) is 11.8. The maximum atomic E-state index is 11.2. The van der Waals surface area contributed by atoms with Gasteiger partial charge in [0.2, 0.25) is 0 Å². The van der Waals surface area contributed by atoms with Gasteiger partial charge in [-0.1, -0.05) is 0 Å². The molecule has 2 atom stereocenters. The third kappa shape index (κ3) is 3.76. The Morgan fingerprint density at radius 3 is 2.68 bits per heavy atom. The average Bonchev–Trinajstić information content (AvgIpc) is 2.36. The van der Waals surface area contributed by atoms with Crippen LogP contribution in [-0.4, -0.2) is 34.2 Å². The predicted molar refractivity (Wildman–Crippen MR) is 74.6 cm³/mol. The second-order valence-electron chi connectivity index (χ2n) is 4.27. The number of benzene rings is 1. The first-order valence-corrected chi connectivity index (χ1v) is 7.31. The Balaban J connectivity index is 3.06. The van der Waals surface area contributed by atoms with Gasteiger partial charge in [0, 0.05) is 47.7 Å². The lowest BCUT2D eigenvalue weighted by Crippen LogP contribution is -2.33. The lowest BCUT2D eigenvalue weighted by atomic mass is 10.1. The molecule has 1 rings (SSSR count). The van der Waals surface area contributed by atoms with Crippen LogP contribution in [-0.2, 0) is 10.8 Å². The molecule has 0 N–H and O–H groups in total. The highest BCUT2D eigenvalue weighted by Gasteiger charge is 2.17. The molecule has 0 saturated carbocycles. The number of hydrogen-bond acceptors (Lipinski definition) is 5. The Kier molecular flexibility index (Phi) is 5.01. The molecule has 0 radical (unpaired) electrons. The highest BCUT2D eigenvalue weighted by molar-refractivity contribution is 7.84. The maximum Gasteiger partial charge on any atom is 0.287 e. The molecule has 0 saturated heterocycles. The molecule has 1 aromatic carbocycles. The molecule has 7 heteroatoms. The van der Waals surface area contributed by atoms with E-state index in [0.717, 1.165) is 0 Å². The van der Waals surface area contributed by atoms with E-state index in [1.807, 2.05) is 17.9 Å². The van der Waals surface area contributed by atoms with Crippen LogP contribution in [0.25, 0.3) is 0 Å². The van der Waals surface area contributed by atoms with Crippen LogP contribution in [0.4, 0.5) is 11.4 Å². The zero-order valence-electron chi connectivity index (χ0n) is 11.0. The lowest BCUT2D eigenvalue weighted by molar-refractivity contribution is -0.385. The smallest absolute Gasteiger partial charge is 0.287 e. The second-order valence-corrected chi connectivity index (χ2v) is 5.75. The largest absolute Gasteiger partial charge is 0.371 e. The standard InChI is InChI=1S/C12H15N3O3S/c1-9(8-19(3)18)14(2)11-4-5-12(15(16)17)10(6-11)7-13/h4-6,9H,8H2,1-3H3/t9-,19-/m1/s1. The molecular weight excluding hydrogens is 266 g/mol. The Labute approximate surface area is 114 Å². The summed E-state index contributed by atoms with van der Waals surface area (Å²) in [6.07, 6.45) is 1.63. The van der Waals surface area contributed by atoms with Crippen molar-refractivity contribution in [2.75, 3.05) is 24.0 Å². The quantitative estimate of drug-likeness (QED) is 0.605. The van der Waals surface area contributed by atoms with E-state index in [4.69, 9.17) is 5.26 Å². The van der Waals surface area contributed by atoms with Gasteiger partial charge in [-0.15, -0.1) is 0 Å². The van der Waals surface area contributed by atoms with Gasteiger partial charge in [-0.05, 0) is 19.1 Å². The van der Waals surface area contributed by atoms with Crippen LogP contribution >= 0.6 is 0 Å². The molecule has 0 heterocycles. The van der Waals surface area contributed by atoms with Gasteiger partial charge >= 0.3 is 0 Å². The molecule has 19 heavy (non-hydrogen) atoms. The van der Waals surface area contributed by atoms with E-state index in [9.17, 15) is 14.3 Å². The van der Waals surface area contributed by atoms with Crippen LogP contribution in [0, 0.1) is 21.4 Å². The zero-order chi connectivity index (χ0) is 14.6.